The SMILES string of the molecule is CC(C)C(C)N(C)C(=O)c1cccc(CCl)c1. The third-order valence-corrected chi connectivity index (χ3v) is 3.53. The summed E-state index contributed by atoms with van der Waals surface area (Å²) in [6, 6.07) is 7.72. The maximum absolute atomic E-state index is 12.2. The number of rotatable bonds is 4. The molecule has 2 nitrogen and oxygen atoms in total. The highest BCUT2D eigenvalue weighted by atomic mass is 35.5. The molecule has 0 heterocycles. The predicted molar refractivity (Wildman–Crippen MR) is 72.4 cm³/mol. The highest BCUT2D eigenvalue weighted by Crippen LogP contribution is 2.14. The summed E-state index contributed by atoms with van der Waals surface area (Å²) in [5.74, 6) is 0.934. The Labute approximate surface area is 109 Å². The van der Waals surface area contributed by atoms with Gasteiger partial charge in [0.15, 0.2) is 0 Å². The predicted octanol–water partition coefficient (Wildman–Crippen LogP) is 3.54. The van der Waals surface area contributed by atoms with Crippen molar-refractivity contribution >= 4 is 17.5 Å². The zero-order chi connectivity index (χ0) is 13.0. The van der Waals surface area contributed by atoms with Crippen molar-refractivity contribution in [3.8, 4) is 0 Å². The van der Waals surface area contributed by atoms with Gasteiger partial charge in [-0.05, 0) is 30.5 Å². The molecule has 0 aliphatic rings. The van der Waals surface area contributed by atoms with Gasteiger partial charge < -0.3 is 4.90 Å². The highest BCUT2D eigenvalue weighted by Gasteiger charge is 2.19. The van der Waals surface area contributed by atoms with E-state index in [0.717, 1.165) is 5.56 Å². The van der Waals surface area contributed by atoms with Crippen LogP contribution in [-0.4, -0.2) is 23.9 Å². The molecule has 0 aliphatic carbocycles. The monoisotopic (exact) mass is 253 g/mol. The summed E-state index contributed by atoms with van der Waals surface area (Å²) < 4.78 is 0. The second kappa shape index (κ2) is 6.06. The molecular formula is C14H20ClNO. The Bertz CT molecular complexity index is 390. The highest BCUT2D eigenvalue weighted by molar-refractivity contribution is 6.17. The van der Waals surface area contributed by atoms with Crippen molar-refractivity contribution in [2.24, 2.45) is 5.92 Å². The van der Waals surface area contributed by atoms with Crippen molar-refractivity contribution in [1.82, 2.24) is 4.90 Å². The van der Waals surface area contributed by atoms with Crippen LogP contribution < -0.4 is 0 Å². The molecule has 0 bridgehead atoms. The first-order valence-electron chi connectivity index (χ1n) is 5.89. The van der Waals surface area contributed by atoms with Gasteiger partial charge in [-0.2, -0.15) is 0 Å². The average molecular weight is 254 g/mol. The quantitative estimate of drug-likeness (QED) is 0.752. The van der Waals surface area contributed by atoms with Crippen molar-refractivity contribution in [3.63, 3.8) is 0 Å². The van der Waals surface area contributed by atoms with Crippen LogP contribution in [0.3, 0.4) is 0 Å². The van der Waals surface area contributed by atoms with Gasteiger partial charge in [-0.25, -0.2) is 0 Å². The molecule has 0 aliphatic heterocycles. The molecule has 1 aromatic carbocycles. The van der Waals surface area contributed by atoms with Crippen LogP contribution in [0, 0.1) is 5.92 Å². The number of alkyl halides is 1. The van der Waals surface area contributed by atoms with E-state index in [4.69, 9.17) is 11.6 Å². The molecule has 1 atom stereocenters. The Kier molecular flexibility index (Phi) is 5.01. The molecule has 1 unspecified atom stereocenters. The lowest BCUT2D eigenvalue weighted by Crippen LogP contribution is -2.38. The summed E-state index contributed by atoms with van der Waals surface area (Å²) in [4.78, 5) is 14.0. The first-order valence-corrected chi connectivity index (χ1v) is 6.43. The summed E-state index contributed by atoms with van der Waals surface area (Å²) in [7, 11) is 1.85. The van der Waals surface area contributed by atoms with Gasteiger partial charge in [0.1, 0.15) is 0 Å². The number of amides is 1. The third kappa shape index (κ3) is 3.47. The number of hydrogen-bond acceptors (Lipinski definition) is 1. The molecule has 0 saturated carbocycles. The van der Waals surface area contributed by atoms with Gasteiger partial charge in [-0.1, -0.05) is 26.0 Å². The van der Waals surface area contributed by atoms with Crippen molar-refractivity contribution in [2.75, 3.05) is 7.05 Å². The van der Waals surface area contributed by atoms with E-state index < -0.39 is 0 Å². The molecule has 0 spiro atoms. The molecule has 0 radical (unpaired) electrons. The molecule has 0 fully saturated rings. The van der Waals surface area contributed by atoms with E-state index in [2.05, 4.69) is 20.8 Å². The van der Waals surface area contributed by atoms with E-state index in [9.17, 15) is 4.79 Å². The lowest BCUT2D eigenvalue weighted by molar-refractivity contribution is 0.0707. The average Bonchev–Trinajstić information content (AvgIpc) is 2.36. The summed E-state index contributed by atoms with van der Waals surface area (Å²) in [5, 5.41) is 0. The van der Waals surface area contributed by atoms with Crippen LogP contribution in [0.1, 0.15) is 36.7 Å². The topological polar surface area (TPSA) is 20.3 Å². The van der Waals surface area contributed by atoms with Crippen molar-refractivity contribution in [2.45, 2.75) is 32.7 Å². The van der Waals surface area contributed by atoms with Crippen LogP contribution >= 0.6 is 11.6 Å². The van der Waals surface area contributed by atoms with Crippen LogP contribution in [0.25, 0.3) is 0 Å². The standard InChI is InChI=1S/C14H20ClNO/c1-10(2)11(3)16(4)14(17)13-7-5-6-12(8-13)9-15/h5-8,10-11H,9H2,1-4H3. The third-order valence-electron chi connectivity index (χ3n) is 3.22. The molecule has 17 heavy (non-hydrogen) atoms. The van der Waals surface area contributed by atoms with Gasteiger partial charge in [0.2, 0.25) is 0 Å². The zero-order valence-corrected chi connectivity index (χ0v) is 11.7. The fourth-order valence-corrected chi connectivity index (χ4v) is 1.79. The molecule has 94 valence electrons. The lowest BCUT2D eigenvalue weighted by Gasteiger charge is -2.28. The number of nitrogens with zero attached hydrogens (tertiary/aromatic N) is 1. The lowest BCUT2D eigenvalue weighted by atomic mass is 10.0. The Hall–Kier alpha value is -1.02. The second-order valence-corrected chi connectivity index (χ2v) is 5.00. The number of halogens is 1. The Morgan fingerprint density at radius 3 is 2.53 bits per heavy atom. The normalized spacial score (nSPS) is 12.6. The van der Waals surface area contributed by atoms with E-state index in [1.54, 1.807) is 4.90 Å². The van der Waals surface area contributed by atoms with Crippen LogP contribution in [0.5, 0.6) is 0 Å². The molecule has 1 rings (SSSR count). The number of hydrogen-bond donors (Lipinski definition) is 0. The van der Waals surface area contributed by atoms with E-state index in [1.807, 2.05) is 31.3 Å². The van der Waals surface area contributed by atoms with Gasteiger partial charge in [-0.15, -0.1) is 11.6 Å². The number of benzene rings is 1. The van der Waals surface area contributed by atoms with Crippen molar-refractivity contribution in [1.29, 1.82) is 0 Å². The first-order chi connectivity index (χ1) is 7.97. The summed E-state index contributed by atoms with van der Waals surface area (Å²) in [6.07, 6.45) is 0. The van der Waals surface area contributed by atoms with Crippen molar-refractivity contribution in [3.05, 3.63) is 35.4 Å². The molecule has 0 aromatic heterocycles. The smallest absolute Gasteiger partial charge is 0.253 e. The summed E-state index contributed by atoms with van der Waals surface area (Å²) in [5.41, 5.74) is 1.68. The summed E-state index contributed by atoms with van der Waals surface area (Å²) in [6.45, 7) is 6.29. The minimum Gasteiger partial charge on any atom is -0.339 e. The van der Waals surface area contributed by atoms with Crippen molar-refractivity contribution < 1.29 is 4.79 Å². The van der Waals surface area contributed by atoms with Gasteiger partial charge >= 0.3 is 0 Å². The largest absolute Gasteiger partial charge is 0.339 e. The maximum Gasteiger partial charge on any atom is 0.253 e. The maximum atomic E-state index is 12.2. The molecule has 1 amide bonds. The minimum absolute atomic E-state index is 0.0539. The molecule has 3 heteroatoms. The van der Waals surface area contributed by atoms with E-state index in [0.29, 0.717) is 17.4 Å². The molecule has 1 aromatic rings. The van der Waals surface area contributed by atoms with Gasteiger partial charge in [0, 0.05) is 24.5 Å². The fourth-order valence-electron chi connectivity index (χ4n) is 1.62. The van der Waals surface area contributed by atoms with Crippen LogP contribution in [0.4, 0.5) is 0 Å². The molecular weight excluding hydrogens is 234 g/mol. The first kappa shape index (κ1) is 14.0. The van der Waals surface area contributed by atoms with E-state index >= 15 is 0 Å². The van der Waals surface area contributed by atoms with Crippen LogP contribution in [-0.2, 0) is 5.88 Å². The zero-order valence-electron chi connectivity index (χ0n) is 10.9. The van der Waals surface area contributed by atoms with E-state index in [1.165, 1.54) is 0 Å². The van der Waals surface area contributed by atoms with Crippen LogP contribution in [0.2, 0.25) is 0 Å². The molecule has 0 N–H and O–H groups in total. The van der Waals surface area contributed by atoms with Gasteiger partial charge in [0.05, 0.1) is 0 Å². The summed E-state index contributed by atoms with van der Waals surface area (Å²) >= 11 is 5.77. The fraction of sp³-hybridized carbons (Fsp3) is 0.500. The Morgan fingerprint density at radius 1 is 1.35 bits per heavy atom. The molecule has 0 saturated heterocycles. The number of carbonyl (C=O) groups excluding carboxylic acids is 1. The Morgan fingerprint density at radius 2 is 2.00 bits per heavy atom. The second-order valence-electron chi connectivity index (χ2n) is 4.73. The van der Waals surface area contributed by atoms with Crippen LogP contribution in [0.15, 0.2) is 24.3 Å². The van der Waals surface area contributed by atoms with E-state index in [-0.39, 0.29) is 11.9 Å². The number of carbonyl (C=O) groups is 1. The van der Waals surface area contributed by atoms with Gasteiger partial charge in [0.25, 0.3) is 5.91 Å². The minimum atomic E-state index is 0.0539. The van der Waals surface area contributed by atoms with Gasteiger partial charge in [-0.3, -0.25) is 4.79 Å². The Balaban J connectivity index is 2.88.